The Balaban J connectivity index is 1.86. The van der Waals surface area contributed by atoms with E-state index in [-0.39, 0.29) is 5.37 Å². The number of hydrogen-bond acceptors (Lipinski definition) is 4. The minimum atomic E-state index is 0.0709. The van der Waals surface area contributed by atoms with Crippen LogP contribution in [0.2, 0.25) is 5.02 Å². The SMILES string of the molecule is CN(C)c1ccc([C@@H](Nc2cccnc2)Sc2ccc(Cl)cc2)cc1. The zero-order valence-electron chi connectivity index (χ0n) is 14.2. The molecule has 2 aromatic carbocycles. The van der Waals surface area contributed by atoms with E-state index in [1.54, 1.807) is 18.0 Å². The Morgan fingerprint density at radius 2 is 1.72 bits per heavy atom. The summed E-state index contributed by atoms with van der Waals surface area (Å²) in [4.78, 5) is 7.44. The van der Waals surface area contributed by atoms with Gasteiger partial charge in [-0.15, -0.1) is 0 Å². The lowest BCUT2D eigenvalue weighted by atomic mass is 10.2. The predicted molar refractivity (Wildman–Crippen MR) is 109 cm³/mol. The highest BCUT2D eigenvalue weighted by atomic mass is 35.5. The van der Waals surface area contributed by atoms with Gasteiger partial charge in [0.2, 0.25) is 0 Å². The molecular weight excluding hydrogens is 350 g/mol. The lowest BCUT2D eigenvalue weighted by Gasteiger charge is -2.21. The Morgan fingerprint density at radius 3 is 2.32 bits per heavy atom. The molecule has 3 aromatic rings. The molecule has 0 saturated carbocycles. The summed E-state index contributed by atoms with van der Waals surface area (Å²) >= 11 is 7.75. The largest absolute Gasteiger partial charge is 0.378 e. The van der Waals surface area contributed by atoms with Crippen molar-refractivity contribution < 1.29 is 0 Å². The van der Waals surface area contributed by atoms with Crippen molar-refractivity contribution in [3.63, 3.8) is 0 Å². The van der Waals surface area contributed by atoms with Crippen LogP contribution in [0.25, 0.3) is 0 Å². The van der Waals surface area contributed by atoms with Crippen molar-refractivity contribution in [2.75, 3.05) is 24.3 Å². The van der Waals surface area contributed by atoms with Crippen LogP contribution in [0.15, 0.2) is 78.0 Å². The summed E-state index contributed by atoms with van der Waals surface area (Å²) in [5.74, 6) is 0. The van der Waals surface area contributed by atoms with E-state index >= 15 is 0 Å². The molecule has 0 aliphatic heterocycles. The number of nitrogens with zero attached hydrogens (tertiary/aromatic N) is 2. The van der Waals surface area contributed by atoms with Gasteiger partial charge in [0.05, 0.1) is 5.69 Å². The highest BCUT2D eigenvalue weighted by molar-refractivity contribution is 7.99. The fourth-order valence-corrected chi connectivity index (χ4v) is 3.56. The first-order chi connectivity index (χ1) is 12.1. The Hall–Kier alpha value is -2.17. The highest BCUT2D eigenvalue weighted by Crippen LogP contribution is 2.36. The van der Waals surface area contributed by atoms with Gasteiger partial charge in [-0.2, -0.15) is 0 Å². The molecule has 1 aromatic heterocycles. The molecule has 3 nitrogen and oxygen atoms in total. The molecule has 1 N–H and O–H groups in total. The van der Waals surface area contributed by atoms with Crippen LogP contribution in [0, 0.1) is 0 Å². The summed E-state index contributed by atoms with van der Waals surface area (Å²) in [6.07, 6.45) is 3.61. The van der Waals surface area contributed by atoms with Gasteiger partial charge in [0.15, 0.2) is 0 Å². The van der Waals surface area contributed by atoms with Crippen molar-refractivity contribution in [1.82, 2.24) is 4.98 Å². The van der Waals surface area contributed by atoms with Gasteiger partial charge in [-0.25, -0.2) is 0 Å². The van der Waals surface area contributed by atoms with E-state index in [0.717, 1.165) is 15.6 Å². The molecule has 25 heavy (non-hydrogen) atoms. The van der Waals surface area contributed by atoms with Crippen molar-refractivity contribution in [2.24, 2.45) is 0 Å². The van der Waals surface area contributed by atoms with Crippen LogP contribution in [0.3, 0.4) is 0 Å². The Labute approximate surface area is 158 Å². The van der Waals surface area contributed by atoms with Crippen LogP contribution >= 0.6 is 23.4 Å². The summed E-state index contributed by atoms with van der Waals surface area (Å²) in [6, 6.07) is 20.5. The van der Waals surface area contributed by atoms with Crippen LogP contribution in [0.4, 0.5) is 11.4 Å². The first-order valence-electron chi connectivity index (χ1n) is 7.98. The second-order valence-corrected chi connectivity index (χ2v) is 7.44. The molecule has 3 rings (SSSR count). The molecular formula is C20H20ClN3S. The average molecular weight is 370 g/mol. The molecule has 0 radical (unpaired) electrons. The van der Waals surface area contributed by atoms with E-state index in [1.165, 1.54) is 11.3 Å². The standard InChI is InChI=1S/C20H20ClN3S/c1-24(2)18-9-5-15(6-10-18)20(23-17-4-3-13-22-14-17)25-19-11-7-16(21)8-12-19/h3-14,20,23H,1-2H3/t20-/m0/s1. The van der Waals surface area contributed by atoms with E-state index in [4.69, 9.17) is 11.6 Å². The minimum absolute atomic E-state index is 0.0709. The average Bonchev–Trinajstić information content (AvgIpc) is 2.64. The topological polar surface area (TPSA) is 28.2 Å². The van der Waals surface area contributed by atoms with E-state index < -0.39 is 0 Å². The lowest BCUT2D eigenvalue weighted by molar-refractivity contribution is 1.08. The Bertz CT molecular complexity index is 789. The third-order valence-corrected chi connectivity index (χ3v) is 5.16. The third kappa shape index (κ3) is 4.91. The molecule has 5 heteroatoms. The quantitative estimate of drug-likeness (QED) is 0.445. The number of pyridine rings is 1. The first-order valence-corrected chi connectivity index (χ1v) is 9.23. The number of anilines is 2. The van der Waals surface area contributed by atoms with Gasteiger partial charge in [-0.05, 0) is 54.1 Å². The van der Waals surface area contributed by atoms with Gasteiger partial charge in [0, 0.05) is 42.1 Å². The molecule has 0 bridgehead atoms. The molecule has 0 aliphatic rings. The zero-order valence-corrected chi connectivity index (χ0v) is 15.8. The summed E-state index contributed by atoms with van der Waals surface area (Å²) in [5, 5.41) is 4.38. The maximum Gasteiger partial charge on any atom is 0.103 e. The molecule has 0 aliphatic carbocycles. The van der Waals surface area contributed by atoms with Crippen LogP contribution in [0.1, 0.15) is 10.9 Å². The van der Waals surface area contributed by atoms with E-state index in [2.05, 4.69) is 39.5 Å². The van der Waals surface area contributed by atoms with Crippen LogP contribution < -0.4 is 10.2 Å². The fraction of sp³-hybridized carbons (Fsp3) is 0.150. The second-order valence-electron chi connectivity index (χ2n) is 5.82. The van der Waals surface area contributed by atoms with Gasteiger partial charge in [0.25, 0.3) is 0 Å². The third-order valence-electron chi connectivity index (χ3n) is 3.74. The normalized spacial score (nSPS) is 11.8. The van der Waals surface area contributed by atoms with Crippen LogP contribution in [-0.4, -0.2) is 19.1 Å². The van der Waals surface area contributed by atoms with E-state index in [9.17, 15) is 0 Å². The summed E-state index contributed by atoms with van der Waals surface area (Å²) in [7, 11) is 4.09. The smallest absolute Gasteiger partial charge is 0.103 e. The molecule has 0 unspecified atom stereocenters. The number of hydrogen-bond donors (Lipinski definition) is 1. The van der Waals surface area contributed by atoms with Crippen LogP contribution in [-0.2, 0) is 0 Å². The first kappa shape index (κ1) is 17.6. The molecule has 0 spiro atoms. The molecule has 0 amide bonds. The van der Waals surface area contributed by atoms with Gasteiger partial charge in [-0.1, -0.05) is 35.5 Å². The predicted octanol–water partition coefficient (Wildman–Crippen LogP) is 5.70. The second kappa shape index (κ2) is 8.28. The van der Waals surface area contributed by atoms with Gasteiger partial charge < -0.3 is 10.2 Å². The van der Waals surface area contributed by atoms with Crippen molar-refractivity contribution in [3.05, 3.63) is 83.6 Å². The zero-order chi connectivity index (χ0) is 17.6. The number of thioether (sulfide) groups is 1. The number of aromatic nitrogens is 1. The molecule has 1 atom stereocenters. The van der Waals surface area contributed by atoms with Crippen LogP contribution in [0.5, 0.6) is 0 Å². The van der Waals surface area contributed by atoms with Crippen molar-refractivity contribution in [2.45, 2.75) is 10.3 Å². The number of rotatable bonds is 6. The molecule has 0 fully saturated rings. The van der Waals surface area contributed by atoms with Gasteiger partial charge >= 0.3 is 0 Å². The van der Waals surface area contributed by atoms with Crippen molar-refractivity contribution in [1.29, 1.82) is 0 Å². The van der Waals surface area contributed by atoms with E-state index in [0.29, 0.717) is 0 Å². The van der Waals surface area contributed by atoms with Gasteiger partial charge in [-0.3, -0.25) is 4.98 Å². The minimum Gasteiger partial charge on any atom is -0.378 e. The lowest BCUT2D eigenvalue weighted by Crippen LogP contribution is -2.10. The molecule has 1 heterocycles. The molecule has 128 valence electrons. The monoisotopic (exact) mass is 369 g/mol. The summed E-state index contributed by atoms with van der Waals surface area (Å²) in [6.45, 7) is 0. The maximum atomic E-state index is 6.00. The number of halogens is 1. The van der Waals surface area contributed by atoms with Gasteiger partial charge in [0.1, 0.15) is 5.37 Å². The van der Waals surface area contributed by atoms with Crippen molar-refractivity contribution in [3.8, 4) is 0 Å². The van der Waals surface area contributed by atoms with E-state index in [1.807, 2.05) is 56.7 Å². The maximum absolute atomic E-state index is 6.00. The number of nitrogens with one attached hydrogen (secondary N) is 1. The summed E-state index contributed by atoms with van der Waals surface area (Å²) < 4.78 is 0. The van der Waals surface area contributed by atoms with Crippen molar-refractivity contribution >= 4 is 34.7 Å². The fourth-order valence-electron chi connectivity index (χ4n) is 2.38. The Morgan fingerprint density at radius 1 is 1.00 bits per heavy atom. The Kier molecular flexibility index (Phi) is 5.84. The number of benzene rings is 2. The molecule has 0 saturated heterocycles. The summed E-state index contributed by atoms with van der Waals surface area (Å²) in [5.41, 5.74) is 3.38. The highest BCUT2D eigenvalue weighted by Gasteiger charge is 2.14.